The molecule has 1 aliphatic heterocycles. The zero-order valence-electron chi connectivity index (χ0n) is 17.8. The molecule has 0 unspecified atom stereocenters. The lowest BCUT2D eigenvalue weighted by molar-refractivity contribution is -0.384. The number of carbonyl (C=O) groups is 1. The van der Waals surface area contributed by atoms with Crippen LogP contribution in [0.4, 0.5) is 17.1 Å². The zero-order valence-corrected chi connectivity index (χ0v) is 17.8. The van der Waals surface area contributed by atoms with Crippen molar-refractivity contribution in [3.05, 3.63) is 75.5 Å². The van der Waals surface area contributed by atoms with E-state index in [2.05, 4.69) is 5.32 Å². The molecule has 8 nitrogen and oxygen atoms in total. The molecule has 0 atom stereocenters. The number of piperidine rings is 1. The zero-order chi connectivity index (χ0) is 22.7. The van der Waals surface area contributed by atoms with Gasteiger partial charge in [0.2, 0.25) is 0 Å². The molecule has 1 aromatic heterocycles. The predicted octanol–water partition coefficient (Wildman–Crippen LogP) is 4.90. The lowest BCUT2D eigenvalue weighted by Crippen LogP contribution is -2.30. The molecule has 2 aromatic carbocycles. The molecule has 2 heterocycles. The predicted molar refractivity (Wildman–Crippen MR) is 122 cm³/mol. The SMILES string of the molecule is Cc1ccc(-c2ccc(CO)o2)cc1NC(=O)c1ccc(N2CCCCC2)c([N+](=O)[O-])c1. The number of furan rings is 1. The van der Waals surface area contributed by atoms with Crippen LogP contribution in [0.25, 0.3) is 11.3 Å². The minimum atomic E-state index is -0.428. The Morgan fingerprint density at radius 3 is 2.59 bits per heavy atom. The minimum Gasteiger partial charge on any atom is -0.459 e. The number of anilines is 2. The highest BCUT2D eigenvalue weighted by Gasteiger charge is 2.23. The molecule has 4 rings (SSSR count). The summed E-state index contributed by atoms with van der Waals surface area (Å²) < 4.78 is 5.57. The van der Waals surface area contributed by atoms with Crippen LogP contribution in [0.5, 0.6) is 0 Å². The van der Waals surface area contributed by atoms with Crippen molar-refractivity contribution < 1.29 is 19.2 Å². The largest absolute Gasteiger partial charge is 0.459 e. The van der Waals surface area contributed by atoms with E-state index in [1.54, 1.807) is 30.3 Å². The van der Waals surface area contributed by atoms with E-state index >= 15 is 0 Å². The molecule has 3 aromatic rings. The lowest BCUT2D eigenvalue weighted by atomic mass is 10.1. The van der Waals surface area contributed by atoms with Gasteiger partial charge < -0.3 is 19.7 Å². The molecule has 32 heavy (non-hydrogen) atoms. The Morgan fingerprint density at radius 2 is 1.91 bits per heavy atom. The maximum atomic E-state index is 12.9. The highest BCUT2D eigenvalue weighted by Crippen LogP contribution is 2.32. The number of hydrogen-bond donors (Lipinski definition) is 2. The van der Waals surface area contributed by atoms with Crippen LogP contribution in [-0.2, 0) is 6.61 Å². The van der Waals surface area contributed by atoms with E-state index in [-0.39, 0.29) is 17.9 Å². The highest BCUT2D eigenvalue weighted by molar-refractivity contribution is 6.05. The van der Waals surface area contributed by atoms with Crippen LogP contribution in [0, 0.1) is 17.0 Å². The quantitative estimate of drug-likeness (QED) is 0.421. The standard InChI is InChI=1S/C24H25N3O5/c1-16-5-6-17(23-10-8-19(15-28)32-23)13-20(16)25-24(29)18-7-9-21(22(14-18)27(30)31)26-11-3-2-4-12-26/h5-10,13-14,28H,2-4,11-12,15H2,1H3,(H,25,29). The molecule has 0 radical (unpaired) electrons. The second kappa shape index (κ2) is 9.23. The molecular formula is C24H25N3O5. The van der Waals surface area contributed by atoms with Crippen molar-refractivity contribution in [1.82, 2.24) is 0 Å². The van der Waals surface area contributed by atoms with Gasteiger partial charge in [-0.1, -0.05) is 12.1 Å². The van der Waals surface area contributed by atoms with Gasteiger partial charge in [0.15, 0.2) is 0 Å². The number of nitrogens with zero attached hydrogens (tertiary/aromatic N) is 2. The summed E-state index contributed by atoms with van der Waals surface area (Å²) >= 11 is 0. The third kappa shape index (κ3) is 4.50. The van der Waals surface area contributed by atoms with Crippen LogP contribution in [0.2, 0.25) is 0 Å². The molecule has 1 saturated heterocycles. The number of nitro benzene ring substituents is 1. The molecule has 2 N–H and O–H groups in total. The van der Waals surface area contributed by atoms with Gasteiger partial charge in [-0.25, -0.2) is 0 Å². The first kappa shape index (κ1) is 21.6. The Morgan fingerprint density at radius 1 is 1.12 bits per heavy atom. The molecule has 0 bridgehead atoms. The molecule has 1 amide bonds. The van der Waals surface area contributed by atoms with Crippen molar-refractivity contribution in [1.29, 1.82) is 0 Å². The van der Waals surface area contributed by atoms with Gasteiger partial charge in [-0.3, -0.25) is 14.9 Å². The van der Waals surface area contributed by atoms with Crippen LogP contribution in [0.15, 0.2) is 52.9 Å². The van der Waals surface area contributed by atoms with Gasteiger partial charge in [0, 0.05) is 36.0 Å². The van der Waals surface area contributed by atoms with Gasteiger partial charge in [0.25, 0.3) is 11.6 Å². The second-order valence-corrected chi connectivity index (χ2v) is 7.92. The summed E-state index contributed by atoms with van der Waals surface area (Å²) in [5, 5.41) is 23.8. The molecule has 166 valence electrons. The first-order valence-electron chi connectivity index (χ1n) is 10.6. The molecular weight excluding hydrogens is 410 g/mol. The fourth-order valence-corrected chi connectivity index (χ4v) is 3.94. The van der Waals surface area contributed by atoms with E-state index in [4.69, 9.17) is 4.42 Å². The van der Waals surface area contributed by atoms with Crippen LogP contribution in [-0.4, -0.2) is 29.0 Å². The van der Waals surface area contributed by atoms with E-state index in [1.165, 1.54) is 6.07 Å². The van der Waals surface area contributed by atoms with Crippen molar-refractivity contribution in [3.63, 3.8) is 0 Å². The summed E-state index contributed by atoms with van der Waals surface area (Å²) in [5.41, 5.74) is 2.90. The number of benzene rings is 2. The third-order valence-electron chi connectivity index (χ3n) is 5.72. The summed E-state index contributed by atoms with van der Waals surface area (Å²) in [7, 11) is 0. The molecule has 8 heteroatoms. The molecule has 1 aliphatic rings. The topological polar surface area (TPSA) is 109 Å². The Labute approximate surface area is 185 Å². The molecule has 1 fully saturated rings. The number of rotatable bonds is 6. The molecule has 0 spiro atoms. The van der Waals surface area contributed by atoms with Gasteiger partial charge in [0.05, 0.1) is 4.92 Å². The maximum Gasteiger partial charge on any atom is 0.293 e. The van der Waals surface area contributed by atoms with Crippen molar-refractivity contribution >= 4 is 23.0 Å². The monoisotopic (exact) mass is 435 g/mol. The first-order chi connectivity index (χ1) is 15.5. The number of nitrogens with one attached hydrogen (secondary N) is 1. The number of amides is 1. The van der Waals surface area contributed by atoms with Crippen LogP contribution in [0.1, 0.15) is 40.9 Å². The van der Waals surface area contributed by atoms with Crippen LogP contribution in [0.3, 0.4) is 0 Å². The van der Waals surface area contributed by atoms with E-state index in [0.717, 1.165) is 43.5 Å². The van der Waals surface area contributed by atoms with E-state index in [1.807, 2.05) is 24.0 Å². The van der Waals surface area contributed by atoms with E-state index < -0.39 is 10.8 Å². The number of aliphatic hydroxyl groups excluding tert-OH is 1. The number of nitro groups is 1. The van der Waals surface area contributed by atoms with Crippen LogP contribution >= 0.6 is 0 Å². The Hall–Kier alpha value is -3.65. The Balaban J connectivity index is 1.59. The maximum absolute atomic E-state index is 12.9. The van der Waals surface area contributed by atoms with Crippen molar-refractivity contribution in [3.8, 4) is 11.3 Å². The van der Waals surface area contributed by atoms with Gasteiger partial charge >= 0.3 is 0 Å². The number of carbonyl (C=O) groups excluding carboxylic acids is 1. The van der Waals surface area contributed by atoms with Gasteiger partial charge in [-0.05, 0) is 62.1 Å². The lowest BCUT2D eigenvalue weighted by Gasteiger charge is -2.28. The Kier molecular flexibility index (Phi) is 6.23. The summed E-state index contributed by atoms with van der Waals surface area (Å²) in [6.07, 6.45) is 3.14. The Bertz CT molecular complexity index is 1150. The summed E-state index contributed by atoms with van der Waals surface area (Å²) in [6, 6.07) is 13.6. The third-order valence-corrected chi connectivity index (χ3v) is 5.72. The fraction of sp³-hybridized carbons (Fsp3) is 0.292. The van der Waals surface area contributed by atoms with Gasteiger partial charge in [-0.15, -0.1) is 0 Å². The number of hydrogen-bond acceptors (Lipinski definition) is 6. The minimum absolute atomic E-state index is 0.0582. The summed E-state index contributed by atoms with van der Waals surface area (Å²) in [5.74, 6) is 0.604. The smallest absolute Gasteiger partial charge is 0.293 e. The number of aryl methyl sites for hydroxylation is 1. The van der Waals surface area contributed by atoms with Crippen molar-refractivity contribution in [2.24, 2.45) is 0 Å². The first-order valence-corrected chi connectivity index (χ1v) is 10.6. The number of aliphatic hydroxyl groups is 1. The van der Waals surface area contributed by atoms with Crippen molar-refractivity contribution in [2.45, 2.75) is 32.8 Å². The van der Waals surface area contributed by atoms with Crippen molar-refractivity contribution in [2.75, 3.05) is 23.3 Å². The second-order valence-electron chi connectivity index (χ2n) is 7.92. The average molecular weight is 435 g/mol. The average Bonchev–Trinajstić information content (AvgIpc) is 3.30. The molecule has 0 aliphatic carbocycles. The summed E-state index contributed by atoms with van der Waals surface area (Å²) in [6.45, 7) is 3.23. The fourth-order valence-electron chi connectivity index (χ4n) is 3.94. The van der Waals surface area contributed by atoms with Gasteiger partial charge in [0.1, 0.15) is 23.8 Å². The highest BCUT2D eigenvalue weighted by atomic mass is 16.6. The normalized spacial score (nSPS) is 13.8. The molecule has 0 saturated carbocycles. The summed E-state index contributed by atoms with van der Waals surface area (Å²) in [4.78, 5) is 26.2. The van der Waals surface area contributed by atoms with Gasteiger partial charge in [-0.2, -0.15) is 0 Å². The van der Waals surface area contributed by atoms with E-state index in [0.29, 0.717) is 22.9 Å². The van der Waals surface area contributed by atoms with Crippen LogP contribution < -0.4 is 10.2 Å². The van der Waals surface area contributed by atoms with E-state index in [9.17, 15) is 20.0 Å².